The van der Waals surface area contributed by atoms with Crippen molar-refractivity contribution in [3.8, 4) is 0 Å². The Bertz CT molecular complexity index is 478. The highest BCUT2D eigenvalue weighted by Crippen LogP contribution is 2.22. The summed E-state index contributed by atoms with van der Waals surface area (Å²) in [6.07, 6.45) is 2.15. The third-order valence-electron chi connectivity index (χ3n) is 3.71. The zero-order valence-corrected chi connectivity index (χ0v) is 12.2. The van der Waals surface area contributed by atoms with Crippen molar-refractivity contribution in [2.75, 3.05) is 32.9 Å². The van der Waals surface area contributed by atoms with Gasteiger partial charge in [0.25, 0.3) is 5.91 Å². The lowest BCUT2D eigenvalue weighted by Gasteiger charge is -2.36. The summed E-state index contributed by atoms with van der Waals surface area (Å²) >= 11 is 5.94. The summed E-state index contributed by atoms with van der Waals surface area (Å²) in [4.78, 5) is 16.5. The van der Waals surface area contributed by atoms with Crippen molar-refractivity contribution in [1.82, 2.24) is 9.80 Å². The van der Waals surface area contributed by atoms with E-state index in [4.69, 9.17) is 17.3 Å². The molecule has 104 valence electrons. The minimum Gasteiger partial charge on any atom is -0.398 e. The van der Waals surface area contributed by atoms with Crippen LogP contribution in [0.5, 0.6) is 0 Å². The maximum Gasteiger partial charge on any atom is 0.256 e. The quantitative estimate of drug-likeness (QED) is 0.845. The number of likely N-dealkylation sites (N-methyl/N-ethyl adjacent to an activating group) is 2. The van der Waals surface area contributed by atoms with Gasteiger partial charge in [-0.2, -0.15) is 0 Å². The first-order valence-corrected chi connectivity index (χ1v) is 6.87. The molecule has 1 amide bonds. The van der Waals surface area contributed by atoms with Crippen LogP contribution in [0.4, 0.5) is 5.69 Å². The molecule has 0 aromatic heterocycles. The van der Waals surface area contributed by atoms with Crippen LogP contribution in [0.2, 0.25) is 5.02 Å². The molecule has 1 aliphatic heterocycles. The van der Waals surface area contributed by atoms with Crippen LogP contribution < -0.4 is 5.73 Å². The maximum absolute atomic E-state index is 12.5. The highest BCUT2D eigenvalue weighted by Gasteiger charge is 2.26. The summed E-state index contributed by atoms with van der Waals surface area (Å²) in [5, 5.41) is 0.534. The monoisotopic (exact) mass is 281 g/mol. The number of anilines is 1. The molecule has 1 saturated heterocycles. The number of halogens is 1. The summed E-state index contributed by atoms with van der Waals surface area (Å²) in [6.45, 7) is 2.00. The van der Waals surface area contributed by atoms with Gasteiger partial charge >= 0.3 is 0 Å². The molecular formula is C14H20ClN3O. The SMILES string of the molecule is CN1CCCC(N(C)C(=O)c2cc(Cl)ccc2N)C1. The lowest BCUT2D eigenvalue weighted by atomic mass is 10.0. The van der Waals surface area contributed by atoms with E-state index in [1.807, 2.05) is 7.05 Å². The van der Waals surface area contributed by atoms with Gasteiger partial charge in [0, 0.05) is 30.3 Å². The lowest BCUT2D eigenvalue weighted by molar-refractivity contribution is 0.0645. The number of nitrogen functional groups attached to an aromatic ring is 1. The molecule has 19 heavy (non-hydrogen) atoms. The lowest BCUT2D eigenvalue weighted by Crippen LogP contribution is -2.47. The zero-order valence-electron chi connectivity index (χ0n) is 11.4. The van der Waals surface area contributed by atoms with Crippen LogP contribution in [0.1, 0.15) is 23.2 Å². The van der Waals surface area contributed by atoms with E-state index in [2.05, 4.69) is 11.9 Å². The van der Waals surface area contributed by atoms with E-state index in [1.54, 1.807) is 23.1 Å². The first-order chi connectivity index (χ1) is 8.99. The number of benzene rings is 1. The third kappa shape index (κ3) is 3.19. The van der Waals surface area contributed by atoms with E-state index >= 15 is 0 Å². The standard InChI is InChI=1S/C14H20ClN3O/c1-17-7-3-4-11(9-17)18(2)14(19)12-8-10(15)5-6-13(12)16/h5-6,8,11H,3-4,7,9,16H2,1-2H3. The van der Waals surface area contributed by atoms with Crippen molar-refractivity contribution in [3.63, 3.8) is 0 Å². The Morgan fingerprint density at radius 1 is 1.53 bits per heavy atom. The number of hydrogen-bond donors (Lipinski definition) is 1. The molecule has 4 nitrogen and oxygen atoms in total. The predicted molar refractivity (Wildman–Crippen MR) is 78.5 cm³/mol. The second-order valence-corrected chi connectivity index (χ2v) is 5.64. The number of carbonyl (C=O) groups is 1. The van der Waals surface area contributed by atoms with Gasteiger partial charge in [-0.25, -0.2) is 0 Å². The van der Waals surface area contributed by atoms with Crippen molar-refractivity contribution >= 4 is 23.2 Å². The first-order valence-electron chi connectivity index (χ1n) is 6.50. The Morgan fingerprint density at radius 3 is 2.95 bits per heavy atom. The van der Waals surface area contributed by atoms with Gasteiger partial charge in [0.15, 0.2) is 0 Å². The molecule has 1 heterocycles. The molecule has 2 N–H and O–H groups in total. The average molecular weight is 282 g/mol. The summed E-state index contributed by atoms with van der Waals surface area (Å²) in [5.74, 6) is -0.0553. The van der Waals surface area contributed by atoms with Gasteiger partial charge in [0.2, 0.25) is 0 Å². The average Bonchev–Trinajstić information content (AvgIpc) is 2.40. The molecule has 1 aromatic rings. The van der Waals surface area contributed by atoms with Crippen LogP contribution in [-0.2, 0) is 0 Å². The minimum absolute atomic E-state index is 0.0553. The van der Waals surface area contributed by atoms with E-state index < -0.39 is 0 Å². The Balaban J connectivity index is 2.16. The van der Waals surface area contributed by atoms with Crippen LogP contribution in [0, 0.1) is 0 Å². The molecule has 1 unspecified atom stereocenters. The fourth-order valence-corrected chi connectivity index (χ4v) is 2.70. The van der Waals surface area contributed by atoms with Crippen LogP contribution in [0.3, 0.4) is 0 Å². The van der Waals surface area contributed by atoms with Gasteiger partial charge in [-0.05, 0) is 44.6 Å². The van der Waals surface area contributed by atoms with Gasteiger partial charge in [-0.15, -0.1) is 0 Å². The molecule has 0 saturated carbocycles. The fourth-order valence-electron chi connectivity index (χ4n) is 2.52. The highest BCUT2D eigenvalue weighted by molar-refractivity contribution is 6.31. The number of carbonyl (C=O) groups excluding carboxylic acids is 1. The number of amides is 1. The molecule has 0 spiro atoms. The largest absolute Gasteiger partial charge is 0.398 e. The van der Waals surface area contributed by atoms with Gasteiger partial charge in [0.1, 0.15) is 0 Å². The molecule has 1 fully saturated rings. The molecule has 2 rings (SSSR count). The van der Waals surface area contributed by atoms with Gasteiger partial charge in [-0.1, -0.05) is 11.6 Å². The van der Waals surface area contributed by atoms with Gasteiger partial charge in [-0.3, -0.25) is 4.79 Å². The van der Waals surface area contributed by atoms with E-state index in [9.17, 15) is 4.79 Å². The smallest absolute Gasteiger partial charge is 0.256 e. The molecule has 1 aliphatic rings. The summed E-state index contributed by atoms with van der Waals surface area (Å²) in [5.41, 5.74) is 6.83. The molecular weight excluding hydrogens is 262 g/mol. The van der Waals surface area contributed by atoms with E-state index in [0.29, 0.717) is 16.3 Å². The van der Waals surface area contributed by atoms with Crippen LogP contribution in [0.15, 0.2) is 18.2 Å². The highest BCUT2D eigenvalue weighted by atomic mass is 35.5. The van der Waals surface area contributed by atoms with Gasteiger partial charge in [0.05, 0.1) is 5.56 Å². The van der Waals surface area contributed by atoms with E-state index in [0.717, 1.165) is 25.9 Å². The summed E-state index contributed by atoms with van der Waals surface area (Å²) < 4.78 is 0. The Kier molecular flexibility index (Phi) is 4.32. The number of piperidine rings is 1. The van der Waals surface area contributed by atoms with Crippen molar-refractivity contribution in [2.45, 2.75) is 18.9 Å². The molecule has 1 aromatic carbocycles. The van der Waals surface area contributed by atoms with E-state index in [-0.39, 0.29) is 11.9 Å². The molecule has 0 aliphatic carbocycles. The molecule has 1 atom stereocenters. The van der Waals surface area contributed by atoms with Crippen molar-refractivity contribution < 1.29 is 4.79 Å². The predicted octanol–water partition coefficient (Wildman–Crippen LogP) is 2.09. The van der Waals surface area contributed by atoms with Crippen LogP contribution in [-0.4, -0.2) is 48.9 Å². The van der Waals surface area contributed by atoms with Crippen LogP contribution in [0.25, 0.3) is 0 Å². The molecule has 5 heteroatoms. The van der Waals surface area contributed by atoms with Gasteiger partial charge < -0.3 is 15.5 Å². The second kappa shape index (κ2) is 5.80. The first kappa shape index (κ1) is 14.2. The Hall–Kier alpha value is -1.26. The Morgan fingerprint density at radius 2 is 2.26 bits per heavy atom. The third-order valence-corrected chi connectivity index (χ3v) is 3.95. The number of likely N-dealkylation sites (tertiary alicyclic amines) is 1. The maximum atomic E-state index is 12.5. The van der Waals surface area contributed by atoms with Crippen molar-refractivity contribution in [2.24, 2.45) is 0 Å². The normalized spacial score (nSPS) is 20.3. The number of hydrogen-bond acceptors (Lipinski definition) is 3. The summed E-state index contributed by atoms with van der Waals surface area (Å²) in [6, 6.07) is 5.26. The number of nitrogens with two attached hydrogens (primary N) is 1. The molecule has 0 radical (unpaired) electrons. The minimum atomic E-state index is -0.0553. The number of nitrogens with zero attached hydrogens (tertiary/aromatic N) is 2. The van der Waals surface area contributed by atoms with Crippen molar-refractivity contribution in [3.05, 3.63) is 28.8 Å². The van der Waals surface area contributed by atoms with Crippen LogP contribution >= 0.6 is 11.6 Å². The topological polar surface area (TPSA) is 49.6 Å². The second-order valence-electron chi connectivity index (χ2n) is 5.21. The molecule has 0 bridgehead atoms. The summed E-state index contributed by atoms with van der Waals surface area (Å²) in [7, 11) is 3.92. The Labute approximate surface area is 119 Å². The number of rotatable bonds is 2. The zero-order chi connectivity index (χ0) is 14.0. The fraction of sp³-hybridized carbons (Fsp3) is 0.500. The van der Waals surface area contributed by atoms with Crippen molar-refractivity contribution in [1.29, 1.82) is 0 Å². The van der Waals surface area contributed by atoms with E-state index in [1.165, 1.54) is 0 Å².